The second-order valence-corrected chi connectivity index (χ2v) is 4.61. The third-order valence-corrected chi connectivity index (χ3v) is 3.37. The molecule has 0 atom stereocenters. The van der Waals surface area contributed by atoms with Crippen LogP contribution in [0.3, 0.4) is 0 Å². The summed E-state index contributed by atoms with van der Waals surface area (Å²) in [6.45, 7) is -0.0857. The van der Waals surface area contributed by atoms with Gasteiger partial charge in [-0.2, -0.15) is 0 Å². The van der Waals surface area contributed by atoms with E-state index in [2.05, 4.69) is 35.3 Å². The van der Waals surface area contributed by atoms with Gasteiger partial charge >= 0.3 is 0 Å². The predicted octanol–water partition coefficient (Wildman–Crippen LogP) is 3.40. The Balaban J connectivity index is 2.10. The van der Waals surface area contributed by atoms with Crippen molar-refractivity contribution in [2.24, 2.45) is 0 Å². The van der Waals surface area contributed by atoms with Gasteiger partial charge in [0.1, 0.15) is 0 Å². The van der Waals surface area contributed by atoms with Crippen molar-refractivity contribution < 1.29 is 9.84 Å². The van der Waals surface area contributed by atoms with Gasteiger partial charge in [-0.3, -0.25) is 0 Å². The first-order chi connectivity index (χ1) is 9.81. The fraction of sp³-hybridized carbons (Fsp3) is 0.118. The Labute approximate surface area is 117 Å². The van der Waals surface area contributed by atoms with Crippen molar-refractivity contribution in [2.75, 3.05) is 7.11 Å². The highest BCUT2D eigenvalue weighted by Crippen LogP contribution is 2.27. The zero-order valence-electron chi connectivity index (χ0n) is 11.2. The minimum atomic E-state index is -0.0857. The zero-order valence-corrected chi connectivity index (χ0v) is 11.2. The third-order valence-electron chi connectivity index (χ3n) is 3.37. The highest BCUT2D eigenvalue weighted by atomic mass is 16.5. The molecule has 0 radical (unpaired) electrons. The Hall–Kier alpha value is -2.39. The summed E-state index contributed by atoms with van der Waals surface area (Å²) in [6, 6.07) is 16.4. The predicted molar refractivity (Wildman–Crippen MR) is 79.7 cm³/mol. The molecule has 0 aliphatic heterocycles. The van der Waals surface area contributed by atoms with Gasteiger partial charge in [-0.05, 0) is 28.5 Å². The Kier molecular flexibility index (Phi) is 3.35. The number of methoxy groups -OCH3 is 1. The van der Waals surface area contributed by atoms with E-state index in [1.165, 1.54) is 10.8 Å². The van der Waals surface area contributed by atoms with Gasteiger partial charge in [0.25, 0.3) is 0 Å². The van der Waals surface area contributed by atoms with E-state index in [-0.39, 0.29) is 6.61 Å². The Morgan fingerprint density at radius 2 is 1.80 bits per heavy atom. The van der Waals surface area contributed by atoms with E-state index < -0.39 is 0 Å². The van der Waals surface area contributed by atoms with Crippen molar-refractivity contribution in [3.05, 3.63) is 60.3 Å². The van der Waals surface area contributed by atoms with Crippen molar-refractivity contribution in [3.63, 3.8) is 0 Å². The quantitative estimate of drug-likeness (QED) is 0.789. The number of hydrogen-bond acceptors (Lipinski definition) is 3. The number of nitrogens with zero attached hydrogens (tertiary/aromatic N) is 1. The van der Waals surface area contributed by atoms with Crippen molar-refractivity contribution in [2.45, 2.75) is 6.61 Å². The number of ether oxygens (including phenoxy) is 1. The van der Waals surface area contributed by atoms with Crippen molar-refractivity contribution >= 4 is 10.8 Å². The highest BCUT2D eigenvalue weighted by molar-refractivity contribution is 5.87. The molecule has 0 bridgehead atoms. The van der Waals surface area contributed by atoms with Crippen LogP contribution in [0.4, 0.5) is 0 Å². The number of fused-ring (bicyclic) bond motifs is 1. The van der Waals surface area contributed by atoms with Crippen LogP contribution in [0, 0.1) is 0 Å². The maximum Gasteiger partial charge on any atom is 0.218 e. The molecule has 0 aliphatic rings. The summed E-state index contributed by atoms with van der Waals surface area (Å²) in [6.07, 6.45) is 1.77. The molecule has 20 heavy (non-hydrogen) atoms. The molecule has 100 valence electrons. The standard InChI is InChI=1S/C17H15NO2/c1-20-17-16(11-19)9-15(10-18-17)14-7-6-12-4-2-3-5-13(12)8-14/h2-10,19H,11H2,1H3. The van der Waals surface area contributed by atoms with Gasteiger partial charge in [-0.15, -0.1) is 0 Å². The summed E-state index contributed by atoms with van der Waals surface area (Å²) in [4.78, 5) is 4.24. The SMILES string of the molecule is COc1ncc(-c2ccc3ccccc3c2)cc1CO. The summed E-state index contributed by atoms with van der Waals surface area (Å²) in [7, 11) is 1.55. The molecule has 1 N–H and O–H groups in total. The van der Waals surface area contributed by atoms with E-state index >= 15 is 0 Å². The molecule has 0 unspecified atom stereocenters. The summed E-state index contributed by atoms with van der Waals surface area (Å²) in [5.41, 5.74) is 2.74. The minimum Gasteiger partial charge on any atom is -0.481 e. The molecule has 0 fully saturated rings. The molecule has 3 aromatic rings. The first kappa shape index (κ1) is 12.6. The lowest BCUT2D eigenvalue weighted by molar-refractivity contribution is 0.271. The molecule has 3 rings (SSSR count). The maximum absolute atomic E-state index is 9.37. The van der Waals surface area contributed by atoms with Gasteiger partial charge in [-0.1, -0.05) is 36.4 Å². The van der Waals surface area contributed by atoms with Crippen molar-refractivity contribution in [1.29, 1.82) is 0 Å². The number of benzene rings is 2. The number of pyridine rings is 1. The van der Waals surface area contributed by atoms with Crippen LogP contribution < -0.4 is 4.74 Å². The van der Waals surface area contributed by atoms with Crippen LogP contribution in [0.1, 0.15) is 5.56 Å². The molecule has 1 aromatic heterocycles. The second-order valence-electron chi connectivity index (χ2n) is 4.61. The maximum atomic E-state index is 9.37. The van der Waals surface area contributed by atoms with E-state index in [0.717, 1.165) is 11.1 Å². The third kappa shape index (κ3) is 2.24. The number of aliphatic hydroxyl groups is 1. The molecule has 1 heterocycles. The van der Waals surface area contributed by atoms with E-state index in [1.54, 1.807) is 13.3 Å². The average Bonchev–Trinajstić information content (AvgIpc) is 2.53. The molecule has 2 aromatic carbocycles. The van der Waals surface area contributed by atoms with E-state index in [9.17, 15) is 5.11 Å². The minimum absolute atomic E-state index is 0.0857. The molecule has 0 spiro atoms. The number of hydrogen-bond donors (Lipinski definition) is 1. The van der Waals surface area contributed by atoms with Crippen LogP contribution in [0.5, 0.6) is 5.88 Å². The lowest BCUT2D eigenvalue weighted by atomic mass is 10.0. The van der Waals surface area contributed by atoms with Gasteiger partial charge in [-0.25, -0.2) is 4.98 Å². The van der Waals surface area contributed by atoms with E-state index in [0.29, 0.717) is 11.4 Å². The van der Waals surface area contributed by atoms with Gasteiger partial charge in [0, 0.05) is 17.3 Å². The van der Waals surface area contributed by atoms with Crippen LogP contribution >= 0.6 is 0 Å². The summed E-state index contributed by atoms with van der Waals surface area (Å²) in [5, 5.41) is 11.8. The zero-order chi connectivity index (χ0) is 13.9. The Morgan fingerprint density at radius 1 is 1.00 bits per heavy atom. The number of rotatable bonds is 3. The highest BCUT2D eigenvalue weighted by Gasteiger charge is 2.07. The largest absolute Gasteiger partial charge is 0.481 e. The topological polar surface area (TPSA) is 42.4 Å². The first-order valence-corrected chi connectivity index (χ1v) is 6.45. The van der Waals surface area contributed by atoms with E-state index in [1.807, 2.05) is 18.2 Å². The molecular formula is C17H15NO2. The number of aromatic nitrogens is 1. The van der Waals surface area contributed by atoms with Crippen molar-refractivity contribution in [3.8, 4) is 17.0 Å². The molecular weight excluding hydrogens is 250 g/mol. The van der Waals surface area contributed by atoms with Crippen LogP contribution in [-0.4, -0.2) is 17.2 Å². The van der Waals surface area contributed by atoms with Crippen LogP contribution in [0.25, 0.3) is 21.9 Å². The molecule has 0 saturated heterocycles. The van der Waals surface area contributed by atoms with E-state index in [4.69, 9.17) is 4.74 Å². The summed E-state index contributed by atoms with van der Waals surface area (Å²) in [5.74, 6) is 0.469. The molecule has 0 saturated carbocycles. The molecule has 3 heteroatoms. The molecule has 0 aliphatic carbocycles. The van der Waals surface area contributed by atoms with Gasteiger partial charge in [0.2, 0.25) is 5.88 Å². The van der Waals surface area contributed by atoms with Gasteiger partial charge in [0.05, 0.1) is 13.7 Å². The van der Waals surface area contributed by atoms with Gasteiger partial charge < -0.3 is 9.84 Å². The monoisotopic (exact) mass is 265 g/mol. The van der Waals surface area contributed by atoms with Crippen LogP contribution in [-0.2, 0) is 6.61 Å². The smallest absolute Gasteiger partial charge is 0.218 e. The van der Waals surface area contributed by atoms with Gasteiger partial charge in [0.15, 0.2) is 0 Å². The van der Waals surface area contributed by atoms with Crippen LogP contribution in [0.2, 0.25) is 0 Å². The first-order valence-electron chi connectivity index (χ1n) is 6.45. The average molecular weight is 265 g/mol. The lowest BCUT2D eigenvalue weighted by Gasteiger charge is -2.08. The molecule has 3 nitrogen and oxygen atoms in total. The summed E-state index contributed by atoms with van der Waals surface area (Å²) >= 11 is 0. The Morgan fingerprint density at radius 3 is 2.55 bits per heavy atom. The fourth-order valence-corrected chi connectivity index (χ4v) is 2.32. The lowest BCUT2D eigenvalue weighted by Crippen LogP contribution is -1.95. The van der Waals surface area contributed by atoms with Crippen molar-refractivity contribution in [1.82, 2.24) is 4.98 Å². The van der Waals surface area contributed by atoms with Crippen LogP contribution in [0.15, 0.2) is 54.7 Å². The number of aliphatic hydroxyl groups excluding tert-OH is 1. The molecule has 0 amide bonds. The summed E-state index contributed by atoms with van der Waals surface area (Å²) < 4.78 is 5.13. The fourth-order valence-electron chi connectivity index (χ4n) is 2.32. The normalized spacial score (nSPS) is 10.7. The second kappa shape index (κ2) is 5.31. The Bertz CT molecular complexity index is 753.